The standard InChI is InChI=1S/C45H48FN3O2/c46-40-26-24-36(25-27-40)44(50)49(42-22-13-23-43(33-42)51-31-30-48-28-10-11-29-48)34-35-14-12-21-41(32-35)47-45(37-15-4-1-5-16-37,38-17-6-2-7-18-38)39-19-8-3-9-20-39/h1-9,13,15-20,22-27,33,35,41,47H,10-12,14,21,28-32,34H2. The lowest BCUT2D eigenvalue weighted by molar-refractivity contribution is 0.0978. The Hall–Kier alpha value is -4.78. The van der Waals surface area contributed by atoms with Crippen LogP contribution in [0.3, 0.4) is 0 Å². The van der Waals surface area contributed by atoms with Crippen LogP contribution in [0.4, 0.5) is 10.1 Å². The number of rotatable bonds is 13. The molecule has 2 aliphatic rings. The molecule has 1 aliphatic heterocycles. The van der Waals surface area contributed by atoms with Crippen LogP contribution in [0, 0.1) is 11.7 Å². The number of carbonyl (C=O) groups is 1. The van der Waals surface area contributed by atoms with Gasteiger partial charge in [0.05, 0.1) is 5.54 Å². The second-order valence-corrected chi connectivity index (χ2v) is 14.0. The second-order valence-electron chi connectivity index (χ2n) is 14.0. The van der Waals surface area contributed by atoms with Gasteiger partial charge in [0.1, 0.15) is 18.2 Å². The molecular formula is C45H48FN3O2. The average molecular weight is 682 g/mol. The topological polar surface area (TPSA) is 44.8 Å². The van der Waals surface area contributed by atoms with Gasteiger partial charge in [0.2, 0.25) is 0 Å². The van der Waals surface area contributed by atoms with E-state index in [1.165, 1.54) is 41.7 Å². The van der Waals surface area contributed by atoms with Gasteiger partial charge in [-0.3, -0.25) is 15.0 Å². The number of anilines is 1. The van der Waals surface area contributed by atoms with E-state index in [9.17, 15) is 9.18 Å². The van der Waals surface area contributed by atoms with E-state index in [1.807, 2.05) is 29.2 Å². The molecule has 1 saturated heterocycles. The fourth-order valence-electron chi connectivity index (χ4n) is 8.06. The summed E-state index contributed by atoms with van der Waals surface area (Å²) in [5, 5.41) is 4.21. The molecule has 262 valence electrons. The van der Waals surface area contributed by atoms with Crippen molar-refractivity contribution in [3.05, 3.63) is 168 Å². The van der Waals surface area contributed by atoms with Crippen molar-refractivity contribution < 1.29 is 13.9 Å². The van der Waals surface area contributed by atoms with Crippen molar-refractivity contribution >= 4 is 11.6 Å². The van der Waals surface area contributed by atoms with Gasteiger partial charge in [-0.1, -0.05) is 103 Å². The normalized spacial score (nSPS) is 18.0. The predicted octanol–water partition coefficient (Wildman–Crippen LogP) is 9.09. The Morgan fingerprint density at radius 2 is 1.35 bits per heavy atom. The van der Waals surface area contributed by atoms with E-state index in [2.05, 4.69) is 101 Å². The third kappa shape index (κ3) is 8.24. The molecule has 0 radical (unpaired) electrons. The second kappa shape index (κ2) is 16.5. The monoisotopic (exact) mass is 681 g/mol. The van der Waals surface area contributed by atoms with Gasteiger partial charge in [-0.25, -0.2) is 4.39 Å². The highest BCUT2D eigenvalue weighted by Crippen LogP contribution is 2.39. The van der Waals surface area contributed by atoms with E-state index in [-0.39, 0.29) is 23.7 Å². The van der Waals surface area contributed by atoms with Gasteiger partial charge in [0.15, 0.2) is 0 Å². The summed E-state index contributed by atoms with van der Waals surface area (Å²) in [5.74, 6) is 0.517. The summed E-state index contributed by atoms with van der Waals surface area (Å²) in [6.07, 6.45) is 6.52. The Morgan fingerprint density at radius 1 is 0.745 bits per heavy atom. The van der Waals surface area contributed by atoms with E-state index >= 15 is 0 Å². The first-order valence-electron chi connectivity index (χ1n) is 18.6. The van der Waals surface area contributed by atoms with E-state index in [4.69, 9.17) is 4.74 Å². The quantitative estimate of drug-likeness (QED) is 0.126. The van der Waals surface area contributed by atoms with Crippen molar-refractivity contribution in [3.8, 4) is 5.75 Å². The first kappa shape index (κ1) is 34.7. The van der Waals surface area contributed by atoms with Crippen LogP contribution in [0.25, 0.3) is 0 Å². The number of nitrogens with zero attached hydrogens (tertiary/aromatic N) is 2. The minimum Gasteiger partial charge on any atom is -0.492 e. The molecule has 0 spiro atoms. The Bertz CT molecular complexity index is 1730. The molecule has 0 bridgehead atoms. The first-order valence-corrected chi connectivity index (χ1v) is 18.6. The lowest BCUT2D eigenvalue weighted by Crippen LogP contribution is -2.51. The average Bonchev–Trinajstić information content (AvgIpc) is 3.71. The number of amides is 1. The Kier molecular flexibility index (Phi) is 11.2. The van der Waals surface area contributed by atoms with Gasteiger partial charge in [-0.2, -0.15) is 0 Å². The SMILES string of the molecule is O=C(c1ccc(F)cc1)N(CC1CCCC(NC(c2ccccc2)(c2ccccc2)c2ccccc2)C1)c1cccc(OCCN2CCCC2)c1. The molecule has 5 nitrogen and oxygen atoms in total. The number of carbonyl (C=O) groups excluding carboxylic acids is 1. The largest absolute Gasteiger partial charge is 0.492 e. The smallest absolute Gasteiger partial charge is 0.258 e. The minimum absolute atomic E-state index is 0.133. The molecule has 2 atom stereocenters. The number of hydrogen-bond donors (Lipinski definition) is 1. The molecular weight excluding hydrogens is 634 g/mol. The third-order valence-corrected chi connectivity index (χ3v) is 10.6. The van der Waals surface area contributed by atoms with Crippen LogP contribution in [0.2, 0.25) is 0 Å². The van der Waals surface area contributed by atoms with Crippen LogP contribution in [-0.2, 0) is 5.54 Å². The van der Waals surface area contributed by atoms with Crippen molar-refractivity contribution in [1.82, 2.24) is 10.2 Å². The van der Waals surface area contributed by atoms with E-state index in [1.54, 1.807) is 12.1 Å². The summed E-state index contributed by atoms with van der Waals surface area (Å²) in [4.78, 5) is 18.6. The Morgan fingerprint density at radius 3 is 1.96 bits per heavy atom. The number of hydrogen-bond acceptors (Lipinski definition) is 4. The number of benzene rings is 5. The molecule has 1 amide bonds. The zero-order chi connectivity index (χ0) is 34.9. The molecule has 51 heavy (non-hydrogen) atoms. The minimum atomic E-state index is -0.555. The molecule has 5 aromatic rings. The maximum Gasteiger partial charge on any atom is 0.258 e. The maximum atomic E-state index is 14.2. The molecule has 1 heterocycles. The van der Waals surface area contributed by atoms with Gasteiger partial charge in [-0.15, -0.1) is 0 Å². The molecule has 6 heteroatoms. The Labute approximate surface area is 302 Å². The van der Waals surface area contributed by atoms with Gasteiger partial charge in [0, 0.05) is 36.4 Å². The van der Waals surface area contributed by atoms with Crippen LogP contribution >= 0.6 is 0 Å². The lowest BCUT2D eigenvalue weighted by Gasteiger charge is -2.43. The van der Waals surface area contributed by atoms with Crippen molar-refractivity contribution in [2.45, 2.75) is 50.1 Å². The van der Waals surface area contributed by atoms with Gasteiger partial charge >= 0.3 is 0 Å². The number of nitrogens with one attached hydrogen (secondary N) is 1. The van der Waals surface area contributed by atoms with Crippen molar-refractivity contribution in [1.29, 1.82) is 0 Å². The summed E-state index contributed by atoms with van der Waals surface area (Å²) < 4.78 is 20.1. The number of halogens is 1. The molecule has 0 aromatic heterocycles. The first-order chi connectivity index (χ1) is 25.1. The highest BCUT2D eigenvalue weighted by Gasteiger charge is 2.39. The third-order valence-electron chi connectivity index (χ3n) is 10.6. The van der Waals surface area contributed by atoms with Crippen LogP contribution in [-0.4, -0.2) is 49.6 Å². The van der Waals surface area contributed by atoms with Gasteiger partial charge < -0.3 is 9.64 Å². The van der Waals surface area contributed by atoms with Crippen LogP contribution in [0.1, 0.15) is 65.6 Å². The summed E-state index contributed by atoms with van der Waals surface area (Å²) in [5.41, 5.74) is 4.29. The summed E-state index contributed by atoms with van der Waals surface area (Å²) in [6, 6.07) is 46.2. The molecule has 1 N–H and O–H groups in total. The fraction of sp³-hybridized carbons (Fsp3) is 0.311. The number of likely N-dealkylation sites (tertiary alicyclic amines) is 1. The van der Waals surface area contributed by atoms with Gasteiger partial charge in [0.25, 0.3) is 5.91 Å². The van der Waals surface area contributed by atoms with Crippen molar-refractivity contribution in [3.63, 3.8) is 0 Å². The summed E-state index contributed by atoms with van der Waals surface area (Å²) >= 11 is 0. The Balaban J connectivity index is 1.16. The van der Waals surface area contributed by atoms with Crippen LogP contribution in [0.15, 0.2) is 140 Å². The number of ether oxygens (including phenoxy) is 1. The van der Waals surface area contributed by atoms with Crippen LogP contribution < -0.4 is 15.0 Å². The lowest BCUT2D eigenvalue weighted by atomic mass is 9.75. The van der Waals surface area contributed by atoms with E-state index in [0.717, 1.165) is 56.8 Å². The zero-order valence-electron chi connectivity index (χ0n) is 29.3. The van der Waals surface area contributed by atoms with Crippen LogP contribution in [0.5, 0.6) is 5.75 Å². The van der Waals surface area contributed by atoms with Crippen molar-refractivity contribution in [2.24, 2.45) is 5.92 Å². The molecule has 1 saturated carbocycles. The predicted molar refractivity (Wildman–Crippen MR) is 204 cm³/mol. The highest BCUT2D eigenvalue weighted by molar-refractivity contribution is 6.06. The molecule has 1 aliphatic carbocycles. The van der Waals surface area contributed by atoms with Crippen molar-refractivity contribution in [2.75, 3.05) is 37.7 Å². The molecule has 2 unspecified atom stereocenters. The van der Waals surface area contributed by atoms with E-state index in [0.29, 0.717) is 18.7 Å². The zero-order valence-corrected chi connectivity index (χ0v) is 29.3. The molecule has 5 aromatic carbocycles. The summed E-state index contributed by atoms with van der Waals surface area (Å²) in [7, 11) is 0. The molecule has 7 rings (SSSR count). The molecule has 2 fully saturated rings. The van der Waals surface area contributed by atoms with E-state index < -0.39 is 5.54 Å². The van der Waals surface area contributed by atoms with Gasteiger partial charge in [-0.05, 0) is 104 Å². The fourth-order valence-corrected chi connectivity index (χ4v) is 8.06. The summed E-state index contributed by atoms with van der Waals surface area (Å²) in [6.45, 7) is 4.32. The highest BCUT2D eigenvalue weighted by atomic mass is 19.1. The maximum absolute atomic E-state index is 14.2.